The van der Waals surface area contributed by atoms with Crippen molar-refractivity contribution >= 4 is 11.7 Å². The minimum atomic E-state index is 0.0138. The lowest BCUT2D eigenvalue weighted by Gasteiger charge is -2.31. The average Bonchev–Trinajstić information content (AvgIpc) is 2.95. The fraction of sp³-hybridized carbons (Fsp3) is 0.478. The SMILES string of the molecule is Cc1ccc(C(=O)C2CCN(C(=O)c3cc(C)n(C(C)C)c3C)CC2)cc1. The second-order valence-electron chi connectivity index (χ2n) is 8.05. The molecule has 27 heavy (non-hydrogen) atoms. The highest BCUT2D eigenvalue weighted by Gasteiger charge is 2.29. The van der Waals surface area contributed by atoms with E-state index in [1.807, 2.05) is 49.1 Å². The van der Waals surface area contributed by atoms with Crippen LogP contribution < -0.4 is 0 Å². The summed E-state index contributed by atoms with van der Waals surface area (Å²) in [5.41, 5.74) is 4.89. The molecule has 0 aliphatic carbocycles. The molecule has 1 amide bonds. The second-order valence-corrected chi connectivity index (χ2v) is 8.05. The minimum absolute atomic E-state index is 0.0138. The van der Waals surface area contributed by atoms with E-state index in [0.29, 0.717) is 19.1 Å². The van der Waals surface area contributed by atoms with E-state index >= 15 is 0 Å². The Morgan fingerprint density at radius 1 is 1.00 bits per heavy atom. The van der Waals surface area contributed by atoms with Gasteiger partial charge in [-0.2, -0.15) is 0 Å². The minimum Gasteiger partial charge on any atom is -0.346 e. The molecule has 1 aromatic heterocycles. The van der Waals surface area contributed by atoms with Crippen LogP contribution in [0.1, 0.15) is 70.4 Å². The number of piperidine rings is 1. The van der Waals surface area contributed by atoms with Gasteiger partial charge in [0.25, 0.3) is 5.91 Å². The van der Waals surface area contributed by atoms with E-state index < -0.39 is 0 Å². The zero-order chi connectivity index (χ0) is 19.7. The Morgan fingerprint density at radius 3 is 2.11 bits per heavy atom. The first-order valence-electron chi connectivity index (χ1n) is 9.88. The van der Waals surface area contributed by atoms with Crippen LogP contribution in [0, 0.1) is 26.7 Å². The number of carbonyl (C=O) groups is 2. The number of hydrogen-bond acceptors (Lipinski definition) is 2. The predicted octanol–water partition coefficient (Wildman–Crippen LogP) is 4.73. The van der Waals surface area contributed by atoms with E-state index in [9.17, 15) is 9.59 Å². The summed E-state index contributed by atoms with van der Waals surface area (Å²) >= 11 is 0. The Morgan fingerprint density at radius 2 is 1.59 bits per heavy atom. The molecule has 144 valence electrons. The van der Waals surface area contributed by atoms with Crippen LogP contribution in [0.25, 0.3) is 0 Å². The summed E-state index contributed by atoms with van der Waals surface area (Å²) in [6, 6.07) is 10.1. The molecule has 1 saturated heterocycles. The van der Waals surface area contributed by atoms with E-state index in [-0.39, 0.29) is 17.6 Å². The van der Waals surface area contributed by atoms with Crippen LogP contribution in [-0.2, 0) is 0 Å². The van der Waals surface area contributed by atoms with Crippen LogP contribution in [0.5, 0.6) is 0 Å². The van der Waals surface area contributed by atoms with Gasteiger partial charge in [0.15, 0.2) is 5.78 Å². The Labute approximate surface area is 162 Å². The van der Waals surface area contributed by atoms with Crippen LogP contribution in [0.2, 0.25) is 0 Å². The van der Waals surface area contributed by atoms with Crippen molar-refractivity contribution in [1.82, 2.24) is 9.47 Å². The molecule has 4 heteroatoms. The van der Waals surface area contributed by atoms with Gasteiger partial charge >= 0.3 is 0 Å². The topological polar surface area (TPSA) is 42.3 Å². The third-order valence-corrected chi connectivity index (χ3v) is 5.72. The van der Waals surface area contributed by atoms with Gasteiger partial charge < -0.3 is 9.47 Å². The van der Waals surface area contributed by atoms with Crippen molar-refractivity contribution in [2.24, 2.45) is 5.92 Å². The third kappa shape index (κ3) is 3.85. The first-order chi connectivity index (χ1) is 12.8. The number of aryl methyl sites for hydroxylation is 2. The molecule has 0 saturated carbocycles. The fourth-order valence-corrected chi connectivity index (χ4v) is 4.26. The monoisotopic (exact) mass is 366 g/mol. The fourth-order valence-electron chi connectivity index (χ4n) is 4.26. The van der Waals surface area contributed by atoms with Crippen LogP contribution >= 0.6 is 0 Å². The Hall–Kier alpha value is -2.36. The molecule has 1 aromatic carbocycles. The van der Waals surface area contributed by atoms with Crippen molar-refractivity contribution in [3.05, 3.63) is 58.4 Å². The number of nitrogens with zero attached hydrogens (tertiary/aromatic N) is 2. The molecule has 1 aliphatic heterocycles. The number of Topliss-reactive ketones (excluding diaryl/α,β-unsaturated/α-hetero) is 1. The van der Waals surface area contributed by atoms with Gasteiger partial charge in [0.2, 0.25) is 0 Å². The van der Waals surface area contributed by atoms with Crippen molar-refractivity contribution in [2.75, 3.05) is 13.1 Å². The van der Waals surface area contributed by atoms with Crippen molar-refractivity contribution in [1.29, 1.82) is 0 Å². The molecule has 2 heterocycles. The molecule has 3 rings (SSSR count). The molecule has 1 aliphatic rings. The first kappa shape index (κ1) is 19.4. The van der Waals surface area contributed by atoms with Gasteiger partial charge in [-0.25, -0.2) is 0 Å². The molecule has 0 spiro atoms. The van der Waals surface area contributed by atoms with Crippen molar-refractivity contribution < 1.29 is 9.59 Å². The zero-order valence-electron chi connectivity index (χ0n) is 17.1. The number of rotatable bonds is 4. The summed E-state index contributed by atoms with van der Waals surface area (Å²) in [6.07, 6.45) is 1.47. The maximum atomic E-state index is 13.0. The molecule has 0 radical (unpaired) electrons. The maximum absolute atomic E-state index is 13.0. The van der Waals surface area contributed by atoms with Gasteiger partial charge in [-0.1, -0.05) is 29.8 Å². The van der Waals surface area contributed by atoms with Gasteiger partial charge in [-0.15, -0.1) is 0 Å². The highest BCUT2D eigenvalue weighted by Crippen LogP contribution is 2.26. The number of likely N-dealkylation sites (tertiary alicyclic amines) is 1. The number of carbonyl (C=O) groups excluding carboxylic acids is 2. The molecule has 1 fully saturated rings. The molecule has 2 aromatic rings. The Balaban J connectivity index is 1.67. The maximum Gasteiger partial charge on any atom is 0.255 e. The Bertz CT molecular complexity index is 838. The summed E-state index contributed by atoms with van der Waals surface area (Å²) in [7, 11) is 0. The predicted molar refractivity (Wildman–Crippen MR) is 108 cm³/mol. The molecule has 0 atom stereocenters. The van der Waals surface area contributed by atoms with Gasteiger partial charge in [-0.3, -0.25) is 9.59 Å². The molecular weight excluding hydrogens is 336 g/mol. The summed E-state index contributed by atoms with van der Waals surface area (Å²) in [4.78, 5) is 27.7. The summed E-state index contributed by atoms with van der Waals surface area (Å²) < 4.78 is 2.21. The number of benzene rings is 1. The highest BCUT2D eigenvalue weighted by molar-refractivity contribution is 5.98. The largest absolute Gasteiger partial charge is 0.346 e. The van der Waals surface area contributed by atoms with Gasteiger partial charge in [0.05, 0.1) is 5.56 Å². The highest BCUT2D eigenvalue weighted by atomic mass is 16.2. The van der Waals surface area contributed by atoms with Gasteiger partial charge in [0.1, 0.15) is 0 Å². The summed E-state index contributed by atoms with van der Waals surface area (Å²) in [6.45, 7) is 11.7. The van der Waals surface area contributed by atoms with Crippen molar-refractivity contribution in [3.63, 3.8) is 0 Å². The van der Waals surface area contributed by atoms with E-state index in [0.717, 1.165) is 40.9 Å². The first-order valence-corrected chi connectivity index (χ1v) is 9.88. The van der Waals surface area contributed by atoms with Crippen molar-refractivity contribution in [2.45, 2.75) is 53.5 Å². The molecule has 0 N–H and O–H groups in total. The quantitative estimate of drug-likeness (QED) is 0.734. The second kappa shape index (κ2) is 7.71. The number of hydrogen-bond donors (Lipinski definition) is 0. The van der Waals surface area contributed by atoms with Crippen LogP contribution in [-0.4, -0.2) is 34.2 Å². The van der Waals surface area contributed by atoms with E-state index in [1.54, 1.807) is 0 Å². The lowest BCUT2D eigenvalue weighted by Crippen LogP contribution is -2.40. The average molecular weight is 367 g/mol. The molecule has 0 bridgehead atoms. The van der Waals surface area contributed by atoms with Crippen LogP contribution in [0.3, 0.4) is 0 Å². The van der Waals surface area contributed by atoms with Crippen LogP contribution in [0.4, 0.5) is 0 Å². The lowest BCUT2D eigenvalue weighted by atomic mass is 9.88. The summed E-state index contributed by atoms with van der Waals surface area (Å²) in [5.74, 6) is 0.316. The number of amides is 1. The molecule has 4 nitrogen and oxygen atoms in total. The van der Waals surface area contributed by atoms with E-state index in [2.05, 4.69) is 25.3 Å². The van der Waals surface area contributed by atoms with Crippen molar-refractivity contribution in [3.8, 4) is 0 Å². The van der Waals surface area contributed by atoms with Crippen LogP contribution in [0.15, 0.2) is 30.3 Å². The number of ketones is 1. The molecular formula is C23H30N2O2. The summed E-state index contributed by atoms with van der Waals surface area (Å²) in [5, 5.41) is 0. The molecule has 0 unspecified atom stereocenters. The normalized spacial score (nSPS) is 15.4. The van der Waals surface area contributed by atoms with E-state index in [4.69, 9.17) is 0 Å². The zero-order valence-corrected chi connectivity index (χ0v) is 17.1. The number of aromatic nitrogens is 1. The third-order valence-electron chi connectivity index (χ3n) is 5.72. The van der Waals surface area contributed by atoms with E-state index in [1.165, 1.54) is 0 Å². The lowest BCUT2D eigenvalue weighted by molar-refractivity contribution is 0.0649. The Kier molecular flexibility index (Phi) is 5.54. The standard InChI is InChI=1S/C23H30N2O2/c1-15(2)25-17(4)14-21(18(25)5)23(27)24-12-10-20(11-13-24)22(26)19-8-6-16(3)7-9-19/h6-9,14-15,20H,10-13H2,1-5H3. The van der Waals surface area contributed by atoms with Gasteiger partial charge in [-0.05, 0) is 53.5 Å². The smallest absolute Gasteiger partial charge is 0.255 e. The van der Waals surface area contributed by atoms with Gasteiger partial charge in [0, 0.05) is 42.0 Å².